The average molecular weight is 284 g/mol. The minimum Gasteiger partial charge on any atom is -0.508 e. The number of aromatic hydroxyl groups is 2. The van der Waals surface area contributed by atoms with Crippen molar-refractivity contribution in [1.82, 2.24) is 0 Å². The second-order valence-electron chi connectivity index (χ2n) is 4.20. The van der Waals surface area contributed by atoms with Crippen molar-refractivity contribution in [2.24, 2.45) is 0 Å². The molecule has 4 heteroatoms. The minimum absolute atomic E-state index is 0.0252. The maximum absolute atomic E-state index is 12.0. The standard InChI is InChI=1S/C15H10O4.C2H6/c16-10-3-1-9(2-4-10)15-8-13(18)12-7-11(17)5-6-14(12)19-15;1-2/h1-8,16-17H;1-2H3. The summed E-state index contributed by atoms with van der Waals surface area (Å²) in [4.78, 5) is 12.0. The molecule has 0 bridgehead atoms. The smallest absolute Gasteiger partial charge is 0.193 e. The molecule has 2 aromatic carbocycles. The lowest BCUT2D eigenvalue weighted by atomic mass is 10.1. The van der Waals surface area contributed by atoms with Gasteiger partial charge < -0.3 is 14.6 Å². The number of fused-ring (bicyclic) bond motifs is 1. The van der Waals surface area contributed by atoms with E-state index in [1.54, 1.807) is 18.2 Å². The van der Waals surface area contributed by atoms with E-state index in [9.17, 15) is 15.0 Å². The molecule has 0 spiro atoms. The van der Waals surface area contributed by atoms with E-state index in [4.69, 9.17) is 4.42 Å². The number of hydrogen-bond donors (Lipinski definition) is 2. The summed E-state index contributed by atoms with van der Waals surface area (Å²) in [5.41, 5.74) is 0.887. The maximum Gasteiger partial charge on any atom is 0.193 e. The highest BCUT2D eigenvalue weighted by Gasteiger charge is 2.07. The molecule has 4 nitrogen and oxygen atoms in total. The summed E-state index contributed by atoms with van der Waals surface area (Å²) in [7, 11) is 0. The van der Waals surface area contributed by atoms with Crippen LogP contribution in [0.4, 0.5) is 0 Å². The number of benzene rings is 2. The molecule has 0 fully saturated rings. The Morgan fingerprint density at radius 3 is 2.14 bits per heavy atom. The summed E-state index contributed by atoms with van der Waals surface area (Å²) in [6.07, 6.45) is 0. The predicted molar refractivity (Wildman–Crippen MR) is 82.6 cm³/mol. The van der Waals surface area contributed by atoms with Crippen LogP contribution in [0, 0.1) is 0 Å². The summed E-state index contributed by atoms with van der Waals surface area (Å²) in [6.45, 7) is 4.00. The van der Waals surface area contributed by atoms with Gasteiger partial charge in [0.25, 0.3) is 0 Å². The second-order valence-corrected chi connectivity index (χ2v) is 4.20. The third-order valence-electron chi connectivity index (χ3n) is 2.86. The number of phenolic OH excluding ortho intramolecular Hbond substituents is 2. The zero-order valence-electron chi connectivity index (χ0n) is 11.8. The lowest BCUT2D eigenvalue weighted by Gasteiger charge is -2.03. The van der Waals surface area contributed by atoms with Gasteiger partial charge in [0.15, 0.2) is 5.43 Å². The molecule has 3 aromatic rings. The summed E-state index contributed by atoms with van der Waals surface area (Å²) in [5, 5.41) is 18.9. The number of phenols is 2. The van der Waals surface area contributed by atoms with Gasteiger partial charge >= 0.3 is 0 Å². The van der Waals surface area contributed by atoms with Crippen molar-refractivity contribution in [3.8, 4) is 22.8 Å². The van der Waals surface area contributed by atoms with Crippen molar-refractivity contribution < 1.29 is 14.6 Å². The van der Waals surface area contributed by atoms with E-state index in [1.165, 1.54) is 30.3 Å². The quantitative estimate of drug-likeness (QED) is 0.711. The SMILES string of the molecule is CC.O=c1cc(-c2ccc(O)cc2)oc2ccc(O)cc12. The maximum atomic E-state index is 12.0. The lowest BCUT2D eigenvalue weighted by Crippen LogP contribution is -1.99. The fourth-order valence-corrected chi connectivity index (χ4v) is 1.91. The van der Waals surface area contributed by atoms with Crippen LogP contribution in [-0.4, -0.2) is 10.2 Å². The van der Waals surface area contributed by atoms with Crippen LogP contribution < -0.4 is 5.43 Å². The molecule has 0 radical (unpaired) electrons. The Balaban J connectivity index is 0.000000774. The first kappa shape index (κ1) is 14.7. The van der Waals surface area contributed by atoms with E-state index in [2.05, 4.69) is 0 Å². The molecule has 2 N–H and O–H groups in total. The highest BCUT2D eigenvalue weighted by Crippen LogP contribution is 2.25. The van der Waals surface area contributed by atoms with E-state index < -0.39 is 0 Å². The van der Waals surface area contributed by atoms with Crippen LogP contribution in [0.25, 0.3) is 22.3 Å². The summed E-state index contributed by atoms with van der Waals surface area (Å²) in [5.74, 6) is 0.595. The van der Waals surface area contributed by atoms with Gasteiger partial charge in [-0.1, -0.05) is 13.8 Å². The molecular formula is C17H16O4. The van der Waals surface area contributed by atoms with Crippen LogP contribution in [0.15, 0.2) is 57.7 Å². The van der Waals surface area contributed by atoms with Crippen molar-refractivity contribution in [2.45, 2.75) is 13.8 Å². The van der Waals surface area contributed by atoms with Gasteiger partial charge in [0, 0.05) is 11.6 Å². The molecule has 1 heterocycles. The van der Waals surface area contributed by atoms with E-state index in [-0.39, 0.29) is 16.9 Å². The predicted octanol–water partition coefficient (Wildman–Crippen LogP) is 3.90. The largest absolute Gasteiger partial charge is 0.508 e. The van der Waals surface area contributed by atoms with Gasteiger partial charge in [-0.3, -0.25) is 4.79 Å². The van der Waals surface area contributed by atoms with Gasteiger partial charge in [-0.2, -0.15) is 0 Å². The Labute approximate surface area is 121 Å². The first-order valence-electron chi connectivity index (χ1n) is 6.70. The zero-order valence-corrected chi connectivity index (χ0v) is 11.8. The Bertz CT molecular complexity index is 801. The highest BCUT2D eigenvalue weighted by molar-refractivity contribution is 5.80. The summed E-state index contributed by atoms with van der Waals surface area (Å²) >= 11 is 0. The molecular weight excluding hydrogens is 268 g/mol. The van der Waals surface area contributed by atoms with Gasteiger partial charge in [-0.25, -0.2) is 0 Å². The summed E-state index contributed by atoms with van der Waals surface area (Å²) in [6, 6.07) is 12.1. The Morgan fingerprint density at radius 1 is 0.857 bits per heavy atom. The van der Waals surface area contributed by atoms with E-state index >= 15 is 0 Å². The minimum atomic E-state index is -0.222. The Morgan fingerprint density at radius 2 is 1.48 bits per heavy atom. The van der Waals surface area contributed by atoms with E-state index in [1.807, 2.05) is 13.8 Å². The molecule has 0 atom stereocenters. The molecule has 21 heavy (non-hydrogen) atoms. The number of hydrogen-bond acceptors (Lipinski definition) is 4. The molecule has 0 unspecified atom stereocenters. The monoisotopic (exact) mass is 284 g/mol. The first-order valence-corrected chi connectivity index (χ1v) is 6.70. The van der Waals surface area contributed by atoms with Crippen molar-refractivity contribution >= 4 is 11.0 Å². The fraction of sp³-hybridized carbons (Fsp3) is 0.118. The number of rotatable bonds is 1. The molecule has 0 aliphatic rings. The normalized spacial score (nSPS) is 10.0. The van der Waals surface area contributed by atoms with Gasteiger partial charge in [0.2, 0.25) is 0 Å². The molecule has 0 saturated carbocycles. The van der Waals surface area contributed by atoms with Gasteiger partial charge in [0.05, 0.1) is 5.39 Å². The van der Waals surface area contributed by atoms with Gasteiger partial charge in [0.1, 0.15) is 22.8 Å². The molecule has 0 saturated heterocycles. The second kappa shape index (κ2) is 6.13. The molecule has 0 aliphatic heterocycles. The average Bonchev–Trinajstić information content (AvgIpc) is 2.50. The fourth-order valence-electron chi connectivity index (χ4n) is 1.91. The van der Waals surface area contributed by atoms with Crippen LogP contribution in [0.1, 0.15) is 13.8 Å². The van der Waals surface area contributed by atoms with Crippen molar-refractivity contribution in [3.05, 3.63) is 58.8 Å². The highest BCUT2D eigenvalue weighted by atomic mass is 16.3. The van der Waals surface area contributed by atoms with Gasteiger partial charge in [-0.05, 0) is 42.5 Å². The molecule has 108 valence electrons. The van der Waals surface area contributed by atoms with Crippen LogP contribution in [0.2, 0.25) is 0 Å². The third kappa shape index (κ3) is 3.05. The van der Waals surface area contributed by atoms with Crippen molar-refractivity contribution in [2.75, 3.05) is 0 Å². The topological polar surface area (TPSA) is 70.7 Å². The molecule has 3 rings (SSSR count). The van der Waals surface area contributed by atoms with Crippen molar-refractivity contribution in [1.29, 1.82) is 0 Å². The zero-order chi connectivity index (χ0) is 15.4. The van der Waals surface area contributed by atoms with Crippen molar-refractivity contribution in [3.63, 3.8) is 0 Å². The third-order valence-corrected chi connectivity index (χ3v) is 2.86. The molecule has 0 amide bonds. The van der Waals surface area contributed by atoms with Crippen LogP contribution >= 0.6 is 0 Å². The summed E-state index contributed by atoms with van der Waals surface area (Å²) < 4.78 is 5.63. The Kier molecular flexibility index (Phi) is 4.28. The van der Waals surface area contributed by atoms with Crippen LogP contribution in [-0.2, 0) is 0 Å². The molecule has 1 aromatic heterocycles. The van der Waals surface area contributed by atoms with Crippen LogP contribution in [0.5, 0.6) is 11.5 Å². The van der Waals surface area contributed by atoms with Gasteiger partial charge in [-0.15, -0.1) is 0 Å². The molecule has 0 aliphatic carbocycles. The van der Waals surface area contributed by atoms with Crippen LogP contribution in [0.3, 0.4) is 0 Å². The van der Waals surface area contributed by atoms with E-state index in [0.29, 0.717) is 22.3 Å². The first-order chi connectivity index (χ1) is 10.1. The van der Waals surface area contributed by atoms with E-state index in [0.717, 1.165) is 0 Å². The Hall–Kier alpha value is -2.75. The lowest BCUT2D eigenvalue weighted by molar-refractivity contribution is 0.474.